The van der Waals surface area contributed by atoms with Crippen LogP contribution in [-0.2, 0) is 6.42 Å². The fourth-order valence-electron chi connectivity index (χ4n) is 8.03. The van der Waals surface area contributed by atoms with E-state index in [0.717, 1.165) is 70.6 Å². The maximum atomic E-state index is 15.6. The third-order valence-electron chi connectivity index (χ3n) is 10.5. The molecule has 0 aliphatic heterocycles. The van der Waals surface area contributed by atoms with E-state index in [1.807, 2.05) is 0 Å². The normalized spacial score (nSPS) is 22.9. The molecule has 2 aliphatic rings. The summed E-state index contributed by atoms with van der Waals surface area (Å²) >= 11 is 0. The van der Waals surface area contributed by atoms with Gasteiger partial charge < -0.3 is 4.42 Å². The van der Waals surface area contributed by atoms with E-state index in [0.29, 0.717) is 17.4 Å². The first-order valence-electron chi connectivity index (χ1n) is 16.7. The number of unbranched alkanes of at least 4 members (excludes halogenated alkanes) is 2. The van der Waals surface area contributed by atoms with Crippen molar-refractivity contribution in [1.29, 1.82) is 0 Å². The molecule has 6 rings (SSSR count). The van der Waals surface area contributed by atoms with Crippen molar-refractivity contribution in [3.8, 4) is 0 Å². The summed E-state index contributed by atoms with van der Waals surface area (Å²) in [5.41, 5.74) is 3.44. The molecule has 0 unspecified atom stereocenters. The van der Waals surface area contributed by atoms with Gasteiger partial charge in [-0.05, 0) is 122 Å². The van der Waals surface area contributed by atoms with Crippen LogP contribution in [0.3, 0.4) is 0 Å². The number of hydrogen-bond acceptors (Lipinski definition) is 1. The predicted molar refractivity (Wildman–Crippen MR) is 167 cm³/mol. The van der Waals surface area contributed by atoms with E-state index in [1.165, 1.54) is 42.5 Å². The van der Waals surface area contributed by atoms with Crippen LogP contribution in [0.2, 0.25) is 0 Å². The van der Waals surface area contributed by atoms with Gasteiger partial charge in [-0.3, -0.25) is 0 Å². The van der Waals surface area contributed by atoms with Crippen molar-refractivity contribution in [2.24, 2.45) is 5.92 Å². The summed E-state index contributed by atoms with van der Waals surface area (Å²) in [5, 5.41) is -0.584. The lowest BCUT2D eigenvalue weighted by molar-refractivity contribution is 0.303. The molecule has 4 aromatic rings. The Labute approximate surface area is 253 Å². The highest BCUT2D eigenvalue weighted by atomic mass is 19.2. The summed E-state index contributed by atoms with van der Waals surface area (Å²) in [4.78, 5) is 0. The van der Waals surface area contributed by atoms with Crippen molar-refractivity contribution < 1.29 is 22.0 Å². The molecular formula is C38H44F4O. The zero-order valence-electron chi connectivity index (χ0n) is 25.6. The SMILES string of the molecule is CCCCCc1ccc(C2CCC(c3cc4oc5cc(C6CCC(CCC)CC6)c(F)c(F)c5c4c(F)c3F)CC2)cc1. The lowest BCUT2D eigenvalue weighted by Gasteiger charge is -2.29. The molecule has 0 saturated heterocycles. The monoisotopic (exact) mass is 592 g/mol. The minimum absolute atomic E-state index is 0.0896. The van der Waals surface area contributed by atoms with Crippen LogP contribution in [0.5, 0.6) is 0 Å². The van der Waals surface area contributed by atoms with Crippen molar-refractivity contribution in [2.75, 3.05) is 0 Å². The highest BCUT2D eigenvalue weighted by molar-refractivity contribution is 6.06. The fraction of sp³-hybridized carbons (Fsp3) is 0.526. The van der Waals surface area contributed by atoms with Crippen LogP contribution >= 0.6 is 0 Å². The molecule has 1 aromatic heterocycles. The molecular weight excluding hydrogens is 548 g/mol. The molecule has 3 aromatic carbocycles. The van der Waals surface area contributed by atoms with Crippen molar-refractivity contribution >= 4 is 21.9 Å². The Balaban J connectivity index is 1.22. The minimum atomic E-state index is -1.14. The van der Waals surface area contributed by atoms with Gasteiger partial charge in [0, 0.05) is 0 Å². The Morgan fingerprint density at radius 1 is 0.605 bits per heavy atom. The first-order chi connectivity index (χ1) is 20.9. The van der Waals surface area contributed by atoms with E-state index in [4.69, 9.17) is 4.42 Å². The van der Waals surface area contributed by atoms with Gasteiger partial charge in [0.05, 0.1) is 10.8 Å². The first-order valence-corrected chi connectivity index (χ1v) is 16.7. The third-order valence-corrected chi connectivity index (χ3v) is 10.5. The molecule has 43 heavy (non-hydrogen) atoms. The van der Waals surface area contributed by atoms with Crippen LogP contribution in [0.4, 0.5) is 17.6 Å². The Kier molecular flexibility index (Phi) is 9.16. The van der Waals surface area contributed by atoms with E-state index in [1.54, 1.807) is 0 Å². The second kappa shape index (κ2) is 13.0. The quantitative estimate of drug-likeness (QED) is 0.139. The van der Waals surface area contributed by atoms with Gasteiger partial charge in [-0.25, -0.2) is 17.6 Å². The van der Waals surface area contributed by atoms with Gasteiger partial charge in [-0.1, -0.05) is 63.8 Å². The second-order valence-corrected chi connectivity index (χ2v) is 13.3. The Morgan fingerprint density at radius 3 is 1.63 bits per heavy atom. The molecule has 0 amide bonds. The summed E-state index contributed by atoms with van der Waals surface area (Å²) in [6, 6.07) is 12.0. The van der Waals surface area contributed by atoms with Crippen LogP contribution < -0.4 is 0 Å². The Bertz CT molecular complexity index is 1550. The number of rotatable bonds is 9. The first kappa shape index (κ1) is 30.2. The smallest absolute Gasteiger partial charge is 0.170 e. The van der Waals surface area contributed by atoms with E-state index in [-0.39, 0.29) is 39.3 Å². The highest BCUT2D eigenvalue weighted by Crippen LogP contribution is 2.46. The summed E-state index contributed by atoms with van der Waals surface area (Å²) in [7, 11) is 0. The van der Waals surface area contributed by atoms with Crippen molar-refractivity contribution in [3.63, 3.8) is 0 Å². The average molecular weight is 593 g/mol. The molecule has 0 spiro atoms. The summed E-state index contributed by atoms with van der Waals surface area (Å²) in [6.07, 6.45) is 13.9. The molecule has 0 atom stereocenters. The van der Waals surface area contributed by atoms with E-state index < -0.39 is 23.3 Å². The number of furan rings is 1. The van der Waals surface area contributed by atoms with Crippen molar-refractivity contribution in [1.82, 2.24) is 0 Å². The zero-order valence-corrected chi connectivity index (χ0v) is 25.6. The maximum Gasteiger partial charge on any atom is 0.170 e. The number of fused-ring (bicyclic) bond motifs is 3. The van der Waals surface area contributed by atoms with Crippen LogP contribution in [-0.4, -0.2) is 0 Å². The van der Waals surface area contributed by atoms with Gasteiger partial charge in [0.1, 0.15) is 11.2 Å². The number of hydrogen-bond donors (Lipinski definition) is 0. The van der Waals surface area contributed by atoms with Crippen LogP contribution in [0, 0.1) is 29.2 Å². The van der Waals surface area contributed by atoms with E-state index in [9.17, 15) is 0 Å². The number of benzene rings is 3. The summed E-state index contributed by atoms with van der Waals surface area (Å²) < 4.78 is 68.1. The molecule has 5 heteroatoms. The Morgan fingerprint density at radius 2 is 1.12 bits per heavy atom. The maximum absolute atomic E-state index is 15.6. The molecule has 2 saturated carbocycles. The largest absolute Gasteiger partial charge is 0.456 e. The number of halogens is 4. The van der Waals surface area contributed by atoms with Crippen LogP contribution in [0.25, 0.3) is 21.9 Å². The highest BCUT2D eigenvalue weighted by Gasteiger charge is 2.32. The standard InChI is InChI=1S/C38H44F4O/c1-3-5-6-8-24-9-13-25(14-10-24)26-17-19-28(20-18-26)30-22-32-34(38(42)36(30)40)33-31(43-32)21-29(35(39)37(33)41)27-15-11-23(7-4-2)12-16-27/h9-10,13-14,21-23,26-28H,3-8,11-12,15-20H2,1-2H3. The lowest BCUT2D eigenvalue weighted by Crippen LogP contribution is -2.14. The van der Waals surface area contributed by atoms with E-state index >= 15 is 17.6 Å². The second-order valence-electron chi connectivity index (χ2n) is 13.3. The summed E-state index contributed by atoms with van der Waals surface area (Å²) in [6.45, 7) is 4.38. The predicted octanol–water partition coefficient (Wildman–Crippen LogP) is 12.4. The van der Waals surface area contributed by atoms with Gasteiger partial charge in [0.25, 0.3) is 0 Å². The molecule has 0 bridgehead atoms. The molecule has 1 nitrogen and oxygen atoms in total. The van der Waals surface area contributed by atoms with E-state index in [2.05, 4.69) is 38.1 Å². The van der Waals surface area contributed by atoms with Gasteiger partial charge >= 0.3 is 0 Å². The fourth-order valence-corrected chi connectivity index (χ4v) is 8.03. The molecule has 2 aliphatic carbocycles. The van der Waals surface area contributed by atoms with Gasteiger partial charge in [0.15, 0.2) is 23.3 Å². The molecule has 2 fully saturated rings. The van der Waals surface area contributed by atoms with Gasteiger partial charge in [0.2, 0.25) is 0 Å². The molecule has 230 valence electrons. The molecule has 0 N–H and O–H groups in total. The third kappa shape index (κ3) is 5.98. The van der Waals surface area contributed by atoms with Gasteiger partial charge in [-0.15, -0.1) is 0 Å². The topological polar surface area (TPSA) is 13.1 Å². The molecule has 0 radical (unpaired) electrons. The zero-order chi connectivity index (χ0) is 30.1. The average Bonchev–Trinajstić information content (AvgIpc) is 3.41. The van der Waals surface area contributed by atoms with Crippen molar-refractivity contribution in [2.45, 2.75) is 121 Å². The van der Waals surface area contributed by atoms with Crippen molar-refractivity contribution in [3.05, 3.63) is 81.9 Å². The minimum Gasteiger partial charge on any atom is -0.456 e. The Hall–Kier alpha value is -2.82. The number of aryl methyl sites for hydroxylation is 1. The van der Waals surface area contributed by atoms with Gasteiger partial charge in [-0.2, -0.15) is 0 Å². The molecule has 1 heterocycles. The lowest BCUT2D eigenvalue weighted by atomic mass is 9.75. The summed E-state index contributed by atoms with van der Waals surface area (Å²) in [5.74, 6) is -3.40. The van der Waals surface area contributed by atoms with Crippen LogP contribution in [0.15, 0.2) is 40.8 Å². The van der Waals surface area contributed by atoms with Crippen LogP contribution in [0.1, 0.15) is 137 Å².